The Morgan fingerprint density at radius 3 is 2.83 bits per heavy atom. The lowest BCUT2D eigenvalue weighted by Crippen LogP contribution is -2.38. The van der Waals surface area contributed by atoms with Crippen LogP contribution in [0.2, 0.25) is 0 Å². The van der Waals surface area contributed by atoms with Gasteiger partial charge in [0.25, 0.3) is 5.91 Å². The van der Waals surface area contributed by atoms with Gasteiger partial charge in [0.15, 0.2) is 5.69 Å². The summed E-state index contributed by atoms with van der Waals surface area (Å²) in [7, 11) is 1.47. The maximum Gasteiger partial charge on any atom is 0.323 e. The molecule has 0 aliphatic heterocycles. The first kappa shape index (κ1) is 13.9. The smallest absolute Gasteiger partial charge is 0.323 e. The first-order valence-corrected chi connectivity index (χ1v) is 5.26. The summed E-state index contributed by atoms with van der Waals surface area (Å²) in [4.78, 5) is 27.8. The third-order valence-electron chi connectivity index (χ3n) is 2.22. The van der Waals surface area contributed by atoms with Gasteiger partial charge in [0.05, 0.1) is 12.3 Å². The minimum Gasteiger partial charge on any atom is -0.480 e. The molecule has 0 unspecified atom stereocenters. The topological polar surface area (TPSA) is 106 Å². The molecule has 0 saturated carbocycles. The van der Waals surface area contributed by atoms with Crippen molar-refractivity contribution in [1.29, 1.82) is 0 Å². The van der Waals surface area contributed by atoms with Gasteiger partial charge in [-0.2, -0.15) is 0 Å². The van der Waals surface area contributed by atoms with Crippen LogP contribution in [0.25, 0.3) is 0 Å². The largest absolute Gasteiger partial charge is 0.480 e. The molecule has 3 N–H and O–H groups in total. The molecule has 0 spiro atoms. The third kappa shape index (κ3) is 3.70. The minimum atomic E-state index is -1.10. The van der Waals surface area contributed by atoms with Crippen molar-refractivity contribution in [3.63, 3.8) is 0 Å². The van der Waals surface area contributed by atoms with Crippen LogP contribution in [-0.2, 0) is 9.53 Å². The highest BCUT2D eigenvalue weighted by Gasteiger charge is 2.21. The van der Waals surface area contributed by atoms with Gasteiger partial charge in [-0.3, -0.25) is 9.59 Å². The minimum absolute atomic E-state index is 0.0508. The standard InChI is InChI=1S/C11H15N3O4/c1-18-6-5-14(7-9(15)16)11(17)10-8(12)3-2-4-13-10/h2-4H,5-7,12H2,1H3,(H,15,16). The van der Waals surface area contributed by atoms with E-state index in [9.17, 15) is 9.59 Å². The fraction of sp³-hybridized carbons (Fsp3) is 0.364. The van der Waals surface area contributed by atoms with Crippen LogP contribution in [0.5, 0.6) is 0 Å². The molecule has 98 valence electrons. The predicted molar refractivity (Wildman–Crippen MR) is 64.1 cm³/mol. The van der Waals surface area contributed by atoms with E-state index < -0.39 is 18.4 Å². The first-order chi connectivity index (χ1) is 8.56. The Hall–Kier alpha value is -2.15. The van der Waals surface area contributed by atoms with Crippen molar-refractivity contribution in [2.45, 2.75) is 0 Å². The molecular formula is C11H15N3O4. The maximum atomic E-state index is 12.1. The van der Waals surface area contributed by atoms with Gasteiger partial charge < -0.3 is 20.5 Å². The Morgan fingerprint density at radius 1 is 1.56 bits per heavy atom. The average molecular weight is 253 g/mol. The average Bonchev–Trinajstić information content (AvgIpc) is 2.34. The van der Waals surface area contributed by atoms with E-state index in [1.165, 1.54) is 19.4 Å². The number of aliphatic carboxylic acids is 1. The van der Waals surface area contributed by atoms with E-state index in [4.69, 9.17) is 15.6 Å². The molecule has 1 amide bonds. The van der Waals surface area contributed by atoms with Crippen LogP contribution in [0.3, 0.4) is 0 Å². The molecule has 0 saturated heterocycles. The number of aromatic nitrogens is 1. The number of hydrogen-bond donors (Lipinski definition) is 2. The van der Waals surface area contributed by atoms with Gasteiger partial charge >= 0.3 is 5.97 Å². The van der Waals surface area contributed by atoms with Gasteiger partial charge in [-0.05, 0) is 12.1 Å². The molecule has 0 atom stereocenters. The summed E-state index contributed by atoms with van der Waals surface area (Å²) in [6.07, 6.45) is 1.43. The number of ether oxygens (including phenoxy) is 1. The lowest BCUT2D eigenvalue weighted by Gasteiger charge is -2.20. The number of carboxylic acid groups (broad SMARTS) is 1. The normalized spacial score (nSPS) is 10.1. The number of amides is 1. The highest BCUT2D eigenvalue weighted by Crippen LogP contribution is 2.10. The SMILES string of the molecule is COCCN(CC(=O)O)C(=O)c1ncccc1N. The number of nitrogens with zero attached hydrogens (tertiary/aromatic N) is 2. The lowest BCUT2D eigenvalue weighted by molar-refractivity contribution is -0.137. The monoisotopic (exact) mass is 253 g/mol. The third-order valence-corrected chi connectivity index (χ3v) is 2.22. The van der Waals surface area contributed by atoms with Crippen LogP contribution < -0.4 is 5.73 Å². The Labute approximate surface area is 104 Å². The van der Waals surface area contributed by atoms with Crippen LogP contribution in [0, 0.1) is 0 Å². The van der Waals surface area contributed by atoms with Gasteiger partial charge in [-0.25, -0.2) is 4.98 Å². The van der Waals surface area contributed by atoms with Gasteiger partial charge in [0.1, 0.15) is 6.54 Å². The van der Waals surface area contributed by atoms with E-state index in [2.05, 4.69) is 4.98 Å². The van der Waals surface area contributed by atoms with Gasteiger partial charge in [0, 0.05) is 19.9 Å². The number of carbonyl (C=O) groups excluding carboxylic acids is 1. The summed E-state index contributed by atoms with van der Waals surface area (Å²) in [5, 5.41) is 8.76. The number of pyridine rings is 1. The number of hydrogen-bond acceptors (Lipinski definition) is 5. The number of methoxy groups -OCH3 is 1. The first-order valence-electron chi connectivity index (χ1n) is 5.26. The van der Waals surface area contributed by atoms with E-state index in [0.717, 1.165) is 4.90 Å². The van der Waals surface area contributed by atoms with E-state index >= 15 is 0 Å². The molecule has 1 aromatic heterocycles. The molecule has 0 aromatic carbocycles. The number of carboxylic acids is 1. The molecule has 7 nitrogen and oxygen atoms in total. The second-order valence-corrected chi connectivity index (χ2v) is 3.55. The Balaban J connectivity index is 2.87. The number of anilines is 1. The Bertz CT molecular complexity index is 436. The van der Waals surface area contributed by atoms with E-state index in [1.54, 1.807) is 6.07 Å². The maximum absolute atomic E-state index is 12.1. The van der Waals surface area contributed by atoms with Gasteiger partial charge in [-0.1, -0.05) is 0 Å². The van der Waals surface area contributed by atoms with Crippen LogP contribution in [0.1, 0.15) is 10.5 Å². The molecule has 1 aromatic rings. The zero-order valence-electron chi connectivity index (χ0n) is 10.00. The summed E-state index contributed by atoms with van der Waals surface area (Å²) in [6, 6.07) is 3.14. The molecule has 7 heteroatoms. The second kappa shape index (κ2) is 6.55. The molecule has 1 rings (SSSR count). The molecule has 0 fully saturated rings. The van der Waals surface area contributed by atoms with Crippen molar-refractivity contribution in [2.75, 3.05) is 32.5 Å². The van der Waals surface area contributed by atoms with Gasteiger partial charge in [-0.15, -0.1) is 0 Å². The van der Waals surface area contributed by atoms with Crippen LogP contribution in [0.4, 0.5) is 5.69 Å². The number of nitrogen functional groups attached to an aromatic ring is 1. The van der Waals surface area contributed by atoms with Crippen molar-refractivity contribution >= 4 is 17.6 Å². The van der Waals surface area contributed by atoms with Gasteiger partial charge in [0.2, 0.25) is 0 Å². The summed E-state index contributed by atoms with van der Waals surface area (Å²) in [5.74, 6) is -1.62. The Kier molecular flexibility index (Phi) is 5.06. The molecular weight excluding hydrogens is 238 g/mol. The molecule has 0 aliphatic carbocycles. The summed E-state index contributed by atoms with van der Waals surface area (Å²) in [6.45, 7) is -0.0123. The number of nitrogens with two attached hydrogens (primary N) is 1. The number of rotatable bonds is 6. The predicted octanol–water partition coefficient (Wildman–Crippen LogP) is -0.163. The van der Waals surface area contributed by atoms with Crippen molar-refractivity contribution in [3.8, 4) is 0 Å². The summed E-state index contributed by atoms with van der Waals surface area (Å²) < 4.78 is 4.83. The molecule has 0 bridgehead atoms. The fourth-order valence-corrected chi connectivity index (χ4v) is 1.36. The van der Waals surface area contributed by atoms with Crippen LogP contribution in [-0.4, -0.2) is 53.7 Å². The second-order valence-electron chi connectivity index (χ2n) is 3.55. The Morgan fingerprint density at radius 2 is 2.28 bits per heavy atom. The highest BCUT2D eigenvalue weighted by atomic mass is 16.5. The molecule has 0 aliphatic rings. The van der Waals surface area contributed by atoms with Crippen LogP contribution in [0.15, 0.2) is 18.3 Å². The lowest BCUT2D eigenvalue weighted by atomic mass is 10.2. The zero-order valence-corrected chi connectivity index (χ0v) is 10.00. The van der Waals surface area contributed by atoms with Crippen molar-refractivity contribution < 1.29 is 19.4 Å². The zero-order chi connectivity index (χ0) is 13.5. The van der Waals surface area contributed by atoms with Crippen molar-refractivity contribution in [2.24, 2.45) is 0 Å². The number of carbonyl (C=O) groups is 2. The van der Waals surface area contributed by atoms with E-state index in [0.29, 0.717) is 0 Å². The quantitative estimate of drug-likeness (QED) is 0.729. The molecule has 18 heavy (non-hydrogen) atoms. The van der Waals surface area contributed by atoms with E-state index in [1.807, 2.05) is 0 Å². The van der Waals surface area contributed by atoms with E-state index in [-0.39, 0.29) is 24.5 Å². The fourth-order valence-electron chi connectivity index (χ4n) is 1.36. The summed E-state index contributed by atoms with van der Waals surface area (Å²) >= 11 is 0. The van der Waals surface area contributed by atoms with Crippen molar-refractivity contribution in [3.05, 3.63) is 24.0 Å². The highest BCUT2D eigenvalue weighted by molar-refractivity contribution is 5.98. The molecule has 1 heterocycles. The van der Waals surface area contributed by atoms with Crippen molar-refractivity contribution in [1.82, 2.24) is 9.88 Å². The molecule has 0 radical (unpaired) electrons. The van der Waals surface area contributed by atoms with Crippen LogP contribution >= 0.6 is 0 Å². The summed E-state index contributed by atoms with van der Waals surface area (Å²) in [5.41, 5.74) is 5.90.